The Labute approximate surface area is 124 Å². The van der Waals surface area contributed by atoms with Crippen molar-refractivity contribution < 1.29 is 17.2 Å². The first kappa shape index (κ1) is 16.3. The average molecular weight is 318 g/mol. The number of halogens is 2. The first-order chi connectivity index (χ1) is 9.77. The number of rotatable bonds is 4. The third-order valence-corrected chi connectivity index (χ3v) is 5.84. The summed E-state index contributed by atoms with van der Waals surface area (Å²) in [6.45, 7) is 4.84. The maximum atomic E-state index is 14.0. The minimum absolute atomic E-state index is 0.202. The molecule has 1 aromatic rings. The quantitative estimate of drug-likeness (QED) is 0.923. The summed E-state index contributed by atoms with van der Waals surface area (Å²) in [5.74, 6) is -2.04. The van der Waals surface area contributed by atoms with Gasteiger partial charge in [-0.25, -0.2) is 17.2 Å². The van der Waals surface area contributed by atoms with Crippen LogP contribution in [0.15, 0.2) is 17.0 Å². The molecule has 0 saturated carbocycles. The summed E-state index contributed by atoms with van der Waals surface area (Å²) in [4.78, 5) is -0.575. The molecule has 2 rings (SSSR count). The number of sulfonamides is 1. The molecule has 7 heteroatoms. The van der Waals surface area contributed by atoms with Gasteiger partial charge in [-0.1, -0.05) is 13.8 Å². The first-order valence-electron chi connectivity index (χ1n) is 6.90. The Morgan fingerprint density at radius 3 is 2.33 bits per heavy atom. The highest BCUT2D eigenvalue weighted by molar-refractivity contribution is 7.89. The van der Waals surface area contributed by atoms with Gasteiger partial charge in [0.15, 0.2) is 11.6 Å². The van der Waals surface area contributed by atoms with E-state index < -0.39 is 26.6 Å². The second-order valence-corrected chi connectivity index (χ2v) is 7.60. The SMILES string of the molecule is CNCc1cc(F)c(F)c(S(=O)(=O)N2CC(C)C(C)C2)c1. The lowest BCUT2D eigenvalue weighted by molar-refractivity contribution is 0.444. The fraction of sp³-hybridized carbons (Fsp3) is 0.571. The summed E-state index contributed by atoms with van der Waals surface area (Å²) in [5, 5.41) is 2.80. The van der Waals surface area contributed by atoms with Gasteiger partial charge in [-0.3, -0.25) is 0 Å². The van der Waals surface area contributed by atoms with Crippen molar-refractivity contribution in [3.8, 4) is 0 Å². The zero-order valence-electron chi connectivity index (χ0n) is 12.4. The Morgan fingerprint density at radius 1 is 1.24 bits per heavy atom. The molecule has 2 atom stereocenters. The molecule has 1 fully saturated rings. The lowest BCUT2D eigenvalue weighted by atomic mass is 10.0. The standard InChI is InChI=1S/C14H20F2N2O2S/c1-9-7-18(8-10(9)2)21(19,20)13-5-11(6-17-3)4-12(15)14(13)16/h4-5,9-10,17H,6-8H2,1-3H3. The van der Waals surface area contributed by atoms with Crippen molar-refractivity contribution in [1.29, 1.82) is 0 Å². The van der Waals surface area contributed by atoms with Gasteiger partial charge in [0.1, 0.15) is 4.90 Å². The Kier molecular flexibility index (Phi) is 4.65. The van der Waals surface area contributed by atoms with Crippen LogP contribution in [0.3, 0.4) is 0 Å². The van der Waals surface area contributed by atoms with Crippen LogP contribution in [0.5, 0.6) is 0 Å². The molecule has 0 aromatic heterocycles. The second kappa shape index (κ2) is 5.98. The largest absolute Gasteiger partial charge is 0.316 e. The molecular weight excluding hydrogens is 298 g/mol. The van der Waals surface area contributed by atoms with E-state index in [1.165, 1.54) is 10.4 Å². The molecular formula is C14H20F2N2O2S. The Hall–Kier alpha value is -1.05. The first-order valence-corrected chi connectivity index (χ1v) is 8.34. The van der Waals surface area contributed by atoms with Crippen molar-refractivity contribution in [3.05, 3.63) is 29.3 Å². The van der Waals surface area contributed by atoms with Crippen molar-refractivity contribution in [3.63, 3.8) is 0 Å². The highest BCUT2D eigenvalue weighted by Crippen LogP contribution is 2.30. The van der Waals surface area contributed by atoms with Crippen molar-refractivity contribution in [2.75, 3.05) is 20.1 Å². The molecule has 2 unspecified atom stereocenters. The second-order valence-electron chi connectivity index (χ2n) is 5.70. The minimum Gasteiger partial charge on any atom is -0.316 e. The summed E-state index contributed by atoms with van der Waals surface area (Å²) in [6.07, 6.45) is 0. The summed E-state index contributed by atoms with van der Waals surface area (Å²) in [7, 11) is -2.36. The highest BCUT2D eigenvalue weighted by Gasteiger charge is 2.37. The molecule has 1 saturated heterocycles. The summed E-state index contributed by atoms with van der Waals surface area (Å²) < 4.78 is 54.0. The lowest BCUT2D eigenvalue weighted by Gasteiger charge is -2.17. The molecule has 1 aliphatic rings. The molecule has 1 heterocycles. The van der Waals surface area contributed by atoms with Crippen LogP contribution in [0, 0.1) is 23.5 Å². The molecule has 0 bridgehead atoms. The van der Waals surface area contributed by atoms with Gasteiger partial charge in [-0.2, -0.15) is 4.31 Å². The van der Waals surface area contributed by atoms with Crippen LogP contribution in [-0.4, -0.2) is 32.9 Å². The molecule has 4 nitrogen and oxygen atoms in total. The van der Waals surface area contributed by atoms with Crippen LogP contribution in [0.4, 0.5) is 8.78 Å². The predicted octanol–water partition coefficient (Wildman–Crippen LogP) is 1.96. The lowest BCUT2D eigenvalue weighted by Crippen LogP contribution is -2.30. The van der Waals surface area contributed by atoms with Crippen LogP contribution in [0.2, 0.25) is 0 Å². The third-order valence-electron chi connectivity index (χ3n) is 4.01. The Balaban J connectivity index is 2.45. The van der Waals surface area contributed by atoms with Gasteiger partial charge in [0, 0.05) is 19.6 Å². The molecule has 1 N–H and O–H groups in total. The minimum atomic E-state index is -4.01. The summed E-state index contributed by atoms with van der Waals surface area (Å²) >= 11 is 0. The number of nitrogens with zero attached hydrogens (tertiary/aromatic N) is 1. The van der Waals surface area contributed by atoms with Crippen LogP contribution in [-0.2, 0) is 16.6 Å². The topological polar surface area (TPSA) is 49.4 Å². The summed E-state index contributed by atoms with van der Waals surface area (Å²) in [6, 6.07) is 2.22. The van der Waals surface area contributed by atoms with E-state index in [0.29, 0.717) is 18.7 Å². The van der Waals surface area contributed by atoms with Crippen LogP contribution in [0.25, 0.3) is 0 Å². The van der Waals surface area contributed by atoms with Crippen molar-refractivity contribution in [2.24, 2.45) is 11.8 Å². The predicted molar refractivity (Wildman–Crippen MR) is 76.2 cm³/mol. The van der Waals surface area contributed by atoms with E-state index in [4.69, 9.17) is 0 Å². The maximum absolute atomic E-state index is 14.0. The fourth-order valence-electron chi connectivity index (χ4n) is 2.52. The molecule has 1 aromatic carbocycles. The van der Waals surface area contributed by atoms with Crippen LogP contribution < -0.4 is 5.32 Å². The van der Waals surface area contributed by atoms with E-state index in [-0.39, 0.29) is 18.4 Å². The van der Waals surface area contributed by atoms with Crippen molar-refractivity contribution in [2.45, 2.75) is 25.3 Å². The van der Waals surface area contributed by atoms with E-state index >= 15 is 0 Å². The van der Waals surface area contributed by atoms with E-state index in [1.807, 2.05) is 13.8 Å². The van der Waals surface area contributed by atoms with Gasteiger partial charge in [0.25, 0.3) is 0 Å². The van der Waals surface area contributed by atoms with Crippen molar-refractivity contribution >= 4 is 10.0 Å². The zero-order chi connectivity index (χ0) is 15.8. The number of hydrogen-bond donors (Lipinski definition) is 1. The van der Waals surface area contributed by atoms with E-state index in [2.05, 4.69) is 5.32 Å². The van der Waals surface area contributed by atoms with Gasteiger partial charge >= 0.3 is 0 Å². The van der Waals surface area contributed by atoms with Gasteiger partial charge in [0.2, 0.25) is 10.0 Å². The Bertz CT molecular complexity index is 624. The van der Waals surface area contributed by atoms with Gasteiger partial charge < -0.3 is 5.32 Å². The molecule has 118 valence electrons. The molecule has 21 heavy (non-hydrogen) atoms. The molecule has 0 spiro atoms. The summed E-state index contributed by atoms with van der Waals surface area (Å²) in [5.41, 5.74) is 0.398. The zero-order valence-corrected chi connectivity index (χ0v) is 13.2. The number of nitrogens with one attached hydrogen (secondary N) is 1. The third kappa shape index (κ3) is 3.09. The molecule has 0 aliphatic carbocycles. The number of hydrogen-bond acceptors (Lipinski definition) is 3. The van der Waals surface area contributed by atoms with Crippen LogP contribution in [0.1, 0.15) is 19.4 Å². The van der Waals surface area contributed by atoms with E-state index in [9.17, 15) is 17.2 Å². The highest BCUT2D eigenvalue weighted by atomic mass is 32.2. The van der Waals surface area contributed by atoms with Gasteiger partial charge in [-0.05, 0) is 36.6 Å². The molecule has 1 aliphatic heterocycles. The van der Waals surface area contributed by atoms with Gasteiger partial charge in [-0.15, -0.1) is 0 Å². The van der Waals surface area contributed by atoms with Crippen molar-refractivity contribution in [1.82, 2.24) is 9.62 Å². The molecule has 0 radical (unpaired) electrons. The average Bonchev–Trinajstić information content (AvgIpc) is 2.74. The van der Waals surface area contributed by atoms with E-state index in [1.54, 1.807) is 7.05 Å². The molecule has 0 amide bonds. The monoisotopic (exact) mass is 318 g/mol. The smallest absolute Gasteiger partial charge is 0.246 e. The fourth-order valence-corrected chi connectivity index (χ4v) is 4.29. The van der Waals surface area contributed by atoms with E-state index in [0.717, 1.165) is 6.07 Å². The number of benzene rings is 1. The van der Waals surface area contributed by atoms with Crippen LogP contribution >= 0.6 is 0 Å². The maximum Gasteiger partial charge on any atom is 0.246 e. The Morgan fingerprint density at radius 2 is 1.81 bits per heavy atom. The van der Waals surface area contributed by atoms with Gasteiger partial charge in [0.05, 0.1) is 0 Å². The normalized spacial score (nSPS) is 23.7.